The van der Waals surface area contributed by atoms with E-state index in [1.54, 1.807) is 0 Å². The molecule has 1 unspecified atom stereocenters. The predicted molar refractivity (Wildman–Crippen MR) is 103 cm³/mol. The van der Waals surface area contributed by atoms with Crippen molar-refractivity contribution in [2.45, 2.75) is 71.8 Å². The standard InChI is InChI=1S/C22H37NO/c1-4-6-22(24)21-10-8-19(9-11-21)17-20-12-15-23(16-13-20)14-5-7-18(2)3/h8-11,18,20,22,24H,4-7,12-17H2,1-3H3. The Bertz CT molecular complexity index is 446. The number of hydrogen-bond acceptors (Lipinski definition) is 2. The maximum absolute atomic E-state index is 10.1. The maximum Gasteiger partial charge on any atom is 0.0790 e. The summed E-state index contributed by atoms with van der Waals surface area (Å²) in [6.45, 7) is 10.6. The first-order valence-corrected chi connectivity index (χ1v) is 10.1. The molecular weight excluding hydrogens is 294 g/mol. The van der Waals surface area contributed by atoms with Crippen LogP contribution in [0.3, 0.4) is 0 Å². The molecule has 0 aromatic heterocycles. The summed E-state index contributed by atoms with van der Waals surface area (Å²) < 4.78 is 0. The van der Waals surface area contributed by atoms with Gasteiger partial charge in [-0.25, -0.2) is 0 Å². The van der Waals surface area contributed by atoms with Crippen molar-refractivity contribution in [3.63, 3.8) is 0 Å². The van der Waals surface area contributed by atoms with Gasteiger partial charge in [-0.05, 0) is 81.1 Å². The van der Waals surface area contributed by atoms with Gasteiger partial charge in [-0.2, -0.15) is 0 Å². The third-order valence-electron chi connectivity index (χ3n) is 5.41. The van der Waals surface area contributed by atoms with Crippen LogP contribution in [0.15, 0.2) is 24.3 Å². The van der Waals surface area contributed by atoms with E-state index in [1.165, 1.54) is 57.3 Å². The maximum atomic E-state index is 10.1. The number of piperidine rings is 1. The second kappa shape index (κ2) is 10.2. The molecule has 0 spiro atoms. The van der Waals surface area contributed by atoms with E-state index in [1.807, 2.05) is 0 Å². The second-order valence-electron chi connectivity index (χ2n) is 8.07. The summed E-state index contributed by atoms with van der Waals surface area (Å²) in [5, 5.41) is 10.1. The Kier molecular flexibility index (Phi) is 8.28. The van der Waals surface area contributed by atoms with E-state index in [4.69, 9.17) is 0 Å². The molecule has 1 aliphatic rings. The average Bonchev–Trinajstić information content (AvgIpc) is 2.57. The average molecular weight is 332 g/mol. The molecule has 1 N–H and O–H groups in total. The zero-order valence-electron chi connectivity index (χ0n) is 16.0. The van der Waals surface area contributed by atoms with Gasteiger partial charge < -0.3 is 10.0 Å². The number of benzene rings is 1. The minimum atomic E-state index is -0.293. The lowest BCUT2D eigenvalue weighted by Gasteiger charge is -2.32. The van der Waals surface area contributed by atoms with E-state index >= 15 is 0 Å². The largest absolute Gasteiger partial charge is 0.388 e. The topological polar surface area (TPSA) is 23.5 Å². The summed E-state index contributed by atoms with van der Waals surface area (Å²) in [6.07, 6.45) is 8.17. The fourth-order valence-electron chi connectivity index (χ4n) is 3.79. The van der Waals surface area contributed by atoms with E-state index in [9.17, 15) is 5.11 Å². The van der Waals surface area contributed by atoms with Crippen molar-refractivity contribution in [3.8, 4) is 0 Å². The number of likely N-dealkylation sites (tertiary alicyclic amines) is 1. The highest BCUT2D eigenvalue weighted by Gasteiger charge is 2.19. The molecule has 0 radical (unpaired) electrons. The van der Waals surface area contributed by atoms with Gasteiger partial charge in [-0.3, -0.25) is 0 Å². The molecule has 0 aliphatic carbocycles. The second-order valence-corrected chi connectivity index (χ2v) is 8.07. The van der Waals surface area contributed by atoms with Gasteiger partial charge in [0.1, 0.15) is 0 Å². The summed E-state index contributed by atoms with van der Waals surface area (Å²) >= 11 is 0. The monoisotopic (exact) mass is 331 g/mol. The molecule has 2 nitrogen and oxygen atoms in total. The van der Waals surface area contributed by atoms with Gasteiger partial charge >= 0.3 is 0 Å². The molecule has 0 bridgehead atoms. The number of rotatable bonds is 9. The number of aliphatic hydroxyl groups excluding tert-OH is 1. The van der Waals surface area contributed by atoms with Crippen molar-refractivity contribution in [1.82, 2.24) is 4.90 Å². The molecule has 2 heteroatoms. The molecule has 1 saturated heterocycles. The van der Waals surface area contributed by atoms with Crippen molar-refractivity contribution in [1.29, 1.82) is 0 Å². The Hall–Kier alpha value is -0.860. The molecule has 136 valence electrons. The van der Waals surface area contributed by atoms with E-state index in [0.717, 1.165) is 30.2 Å². The third kappa shape index (κ3) is 6.57. The highest BCUT2D eigenvalue weighted by atomic mass is 16.3. The van der Waals surface area contributed by atoms with Crippen LogP contribution in [0.5, 0.6) is 0 Å². The quantitative estimate of drug-likeness (QED) is 0.671. The Balaban J connectivity index is 1.71. The molecular formula is C22H37NO. The minimum absolute atomic E-state index is 0.293. The zero-order chi connectivity index (χ0) is 17.4. The fraction of sp³-hybridized carbons (Fsp3) is 0.727. The van der Waals surface area contributed by atoms with Crippen LogP contribution < -0.4 is 0 Å². The smallest absolute Gasteiger partial charge is 0.0790 e. The molecule has 1 aliphatic heterocycles. The lowest BCUT2D eigenvalue weighted by atomic mass is 9.89. The number of hydrogen-bond donors (Lipinski definition) is 1. The summed E-state index contributed by atoms with van der Waals surface area (Å²) in [5.41, 5.74) is 2.50. The lowest BCUT2D eigenvalue weighted by molar-refractivity contribution is 0.166. The van der Waals surface area contributed by atoms with Gasteiger partial charge in [-0.15, -0.1) is 0 Å². The van der Waals surface area contributed by atoms with Crippen LogP contribution >= 0.6 is 0 Å². The molecule has 1 atom stereocenters. The molecule has 24 heavy (non-hydrogen) atoms. The summed E-state index contributed by atoms with van der Waals surface area (Å²) in [5.74, 6) is 1.67. The van der Waals surface area contributed by atoms with E-state index in [-0.39, 0.29) is 6.10 Å². The Morgan fingerprint density at radius 3 is 2.33 bits per heavy atom. The molecule has 1 heterocycles. The van der Waals surface area contributed by atoms with Crippen LogP contribution in [0.4, 0.5) is 0 Å². The molecule has 1 fully saturated rings. The van der Waals surface area contributed by atoms with Crippen molar-refractivity contribution < 1.29 is 5.11 Å². The van der Waals surface area contributed by atoms with Gasteiger partial charge in [0.05, 0.1) is 6.10 Å². The van der Waals surface area contributed by atoms with Crippen LogP contribution in [-0.4, -0.2) is 29.6 Å². The zero-order valence-corrected chi connectivity index (χ0v) is 16.0. The summed E-state index contributed by atoms with van der Waals surface area (Å²) in [7, 11) is 0. The van der Waals surface area contributed by atoms with Crippen molar-refractivity contribution in [2.24, 2.45) is 11.8 Å². The first-order valence-electron chi connectivity index (χ1n) is 10.1. The van der Waals surface area contributed by atoms with E-state index in [2.05, 4.69) is 49.9 Å². The van der Waals surface area contributed by atoms with Crippen LogP contribution in [0.25, 0.3) is 0 Å². The van der Waals surface area contributed by atoms with Crippen LogP contribution in [0, 0.1) is 11.8 Å². The molecule has 2 rings (SSSR count). The Morgan fingerprint density at radius 2 is 1.75 bits per heavy atom. The van der Waals surface area contributed by atoms with Crippen LogP contribution in [0.2, 0.25) is 0 Å². The van der Waals surface area contributed by atoms with Gasteiger partial charge in [0.15, 0.2) is 0 Å². The third-order valence-corrected chi connectivity index (χ3v) is 5.41. The molecule has 1 aromatic carbocycles. The minimum Gasteiger partial charge on any atom is -0.388 e. The molecule has 0 saturated carbocycles. The highest BCUT2D eigenvalue weighted by molar-refractivity contribution is 5.24. The SMILES string of the molecule is CCCC(O)c1ccc(CC2CCN(CCCC(C)C)CC2)cc1. The Labute approximate surface area is 149 Å². The molecule has 0 amide bonds. The van der Waals surface area contributed by atoms with E-state index in [0.29, 0.717) is 0 Å². The van der Waals surface area contributed by atoms with Gasteiger partial charge in [0.25, 0.3) is 0 Å². The van der Waals surface area contributed by atoms with E-state index < -0.39 is 0 Å². The Morgan fingerprint density at radius 1 is 1.08 bits per heavy atom. The van der Waals surface area contributed by atoms with Crippen LogP contribution in [0.1, 0.15) is 76.5 Å². The fourth-order valence-corrected chi connectivity index (χ4v) is 3.79. The van der Waals surface area contributed by atoms with Crippen molar-refractivity contribution >= 4 is 0 Å². The first kappa shape index (κ1) is 19.5. The van der Waals surface area contributed by atoms with Gasteiger partial charge in [0, 0.05) is 0 Å². The van der Waals surface area contributed by atoms with Gasteiger partial charge in [0.2, 0.25) is 0 Å². The normalized spacial score (nSPS) is 18.2. The number of nitrogens with zero attached hydrogens (tertiary/aromatic N) is 1. The van der Waals surface area contributed by atoms with Gasteiger partial charge in [-0.1, -0.05) is 51.5 Å². The van der Waals surface area contributed by atoms with Crippen molar-refractivity contribution in [2.75, 3.05) is 19.6 Å². The summed E-state index contributed by atoms with van der Waals surface area (Å²) in [4.78, 5) is 2.66. The van der Waals surface area contributed by atoms with Crippen LogP contribution in [-0.2, 0) is 6.42 Å². The van der Waals surface area contributed by atoms with Crippen molar-refractivity contribution in [3.05, 3.63) is 35.4 Å². The first-order chi connectivity index (χ1) is 11.6. The predicted octanol–water partition coefficient (Wildman–Crippen LogP) is 5.21. The lowest BCUT2D eigenvalue weighted by Crippen LogP contribution is -2.35. The molecule has 1 aromatic rings. The number of aliphatic hydroxyl groups is 1. The summed E-state index contributed by atoms with van der Waals surface area (Å²) in [6, 6.07) is 8.69. The highest BCUT2D eigenvalue weighted by Crippen LogP contribution is 2.24.